The van der Waals surface area contributed by atoms with Gasteiger partial charge in [-0.25, -0.2) is 4.79 Å². The van der Waals surface area contributed by atoms with Crippen molar-refractivity contribution in [3.63, 3.8) is 0 Å². The molecule has 1 aromatic heterocycles. The lowest BCUT2D eigenvalue weighted by Crippen LogP contribution is -2.14. The lowest BCUT2D eigenvalue weighted by atomic mass is 10.2. The highest BCUT2D eigenvalue weighted by molar-refractivity contribution is 7.99. The summed E-state index contributed by atoms with van der Waals surface area (Å²) in [4.78, 5) is 29.3. The highest BCUT2D eigenvalue weighted by Crippen LogP contribution is 2.32. The molecule has 0 atom stereocenters. The van der Waals surface area contributed by atoms with Crippen molar-refractivity contribution in [3.05, 3.63) is 76.0 Å². The van der Waals surface area contributed by atoms with Crippen LogP contribution in [-0.4, -0.2) is 54.2 Å². The number of benzene rings is 2. The van der Waals surface area contributed by atoms with Gasteiger partial charge in [-0.2, -0.15) is 8.78 Å². The molecule has 0 aliphatic carbocycles. The third kappa shape index (κ3) is 8.73. The number of halogens is 4. The second kappa shape index (κ2) is 14.7. The molecule has 0 fully saturated rings. The Morgan fingerprint density at radius 3 is 2.50 bits per heavy atom. The predicted octanol–water partition coefficient (Wildman–Crippen LogP) is 5.95. The van der Waals surface area contributed by atoms with Gasteiger partial charge >= 0.3 is 12.6 Å². The number of aromatic nitrogens is 1. The zero-order valence-corrected chi connectivity index (χ0v) is 22.0. The fraction of sp³-hybridized carbons (Fsp3) is 0.240. The van der Waals surface area contributed by atoms with Gasteiger partial charge in [-0.1, -0.05) is 29.3 Å². The van der Waals surface area contributed by atoms with Crippen LogP contribution in [0.1, 0.15) is 27.1 Å². The van der Waals surface area contributed by atoms with E-state index < -0.39 is 18.5 Å². The van der Waals surface area contributed by atoms with E-state index in [0.717, 1.165) is 4.90 Å². The Labute approximate surface area is 231 Å². The summed E-state index contributed by atoms with van der Waals surface area (Å²) in [7, 11) is 0. The van der Waals surface area contributed by atoms with Crippen LogP contribution in [0.3, 0.4) is 0 Å². The average molecular weight is 587 g/mol. The van der Waals surface area contributed by atoms with Crippen LogP contribution in [-0.2, 0) is 4.74 Å². The van der Waals surface area contributed by atoms with Gasteiger partial charge in [0.1, 0.15) is 6.61 Å². The Balaban J connectivity index is 1.60. The molecule has 2 N–H and O–H groups in total. The summed E-state index contributed by atoms with van der Waals surface area (Å²) >= 11 is 13.5. The zero-order valence-electron chi connectivity index (χ0n) is 19.7. The Bertz CT molecular complexity index is 1250. The minimum atomic E-state index is -3.08. The summed E-state index contributed by atoms with van der Waals surface area (Å²) in [6, 6.07) is 10.6. The third-order valence-electron chi connectivity index (χ3n) is 4.72. The molecule has 0 bridgehead atoms. The number of amides is 1. The number of pyridine rings is 1. The molecular weight excluding hydrogens is 565 g/mol. The molecule has 3 rings (SSSR count). The van der Waals surface area contributed by atoms with Crippen molar-refractivity contribution in [2.24, 2.45) is 0 Å². The number of ether oxygens (including phenoxy) is 3. The Hall–Kier alpha value is -3.12. The van der Waals surface area contributed by atoms with Gasteiger partial charge in [0.05, 0.1) is 34.5 Å². The van der Waals surface area contributed by atoms with E-state index in [1.807, 2.05) is 6.07 Å². The van der Waals surface area contributed by atoms with Gasteiger partial charge in [0.2, 0.25) is 0 Å². The first-order chi connectivity index (χ1) is 18.3. The first kappa shape index (κ1) is 29.4. The maximum Gasteiger partial charge on any atom is 0.387 e. The number of nitrogens with one attached hydrogen (secondary N) is 1. The summed E-state index contributed by atoms with van der Waals surface area (Å²) < 4.78 is 40.9. The number of esters is 1. The highest BCUT2D eigenvalue weighted by Gasteiger charge is 2.17. The number of carbonyl (C=O) groups is 2. The second-order valence-corrected chi connectivity index (χ2v) is 9.39. The number of carbonyl (C=O) groups excluding carboxylic acids is 2. The lowest BCUT2D eigenvalue weighted by molar-refractivity contribution is -0.0515. The number of aliphatic hydroxyl groups excluding tert-OH is 1. The molecule has 8 nitrogen and oxygen atoms in total. The van der Waals surface area contributed by atoms with E-state index in [0.29, 0.717) is 17.7 Å². The SMILES string of the molecule is O=C(Nc1c(Cl)cncc1Cl)c1ccc(OC(F)F)c(OCCCSc2cccc(C(=O)OCCO)c2)c1. The van der Waals surface area contributed by atoms with Crippen molar-refractivity contribution >= 4 is 52.5 Å². The summed E-state index contributed by atoms with van der Waals surface area (Å²) in [6.45, 7) is -3.29. The molecule has 0 saturated carbocycles. The van der Waals surface area contributed by atoms with Gasteiger partial charge in [0.15, 0.2) is 11.5 Å². The number of aliphatic hydroxyl groups is 1. The topological polar surface area (TPSA) is 107 Å². The van der Waals surface area contributed by atoms with E-state index in [1.165, 1.54) is 42.4 Å². The molecule has 202 valence electrons. The van der Waals surface area contributed by atoms with Crippen molar-refractivity contribution in [1.82, 2.24) is 4.98 Å². The van der Waals surface area contributed by atoms with E-state index in [2.05, 4.69) is 15.0 Å². The Morgan fingerprint density at radius 1 is 1.03 bits per heavy atom. The summed E-state index contributed by atoms with van der Waals surface area (Å²) in [5.41, 5.74) is 0.620. The summed E-state index contributed by atoms with van der Waals surface area (Å²) in [6.07, 6.45) is 3.14. The molecule has 0 aliphatic rings. The minimum absolute atomic E-state index is 0.0384. The second-order valence-electron chi connectivity index (χ2n) is 7.41. The number of alkyl halides is 2. The molecule has 0 aliphatic heterocycles. The number of hydrogen-bond donors (Lipinski definition) is 2. The molecule has 38 heavy (non-hydrogen) atoms. The standard InChI is InChI=1S/C25H22Cl2F2N2O6S/c26-18-13-30-14-19(27)22(18)31-23(33)15-5-6-20(37-25(28)29)21(12-15)35-8-2-10-38-17-4-1-3-16(11-17)24(34)36-9-7-32/h1,3-6,11-14,25,32H,2,7-10H2,(H,30,31,33). The predicted molar refractivity (Wildman–Crippen MR) is 140 cm³/mol. The molecule has 0 saturated heterocycles. The van der Waals surface area contributed by atoms with Crippen molar-refractivity contribution < 1.29 is 37.7 Å². The van der Waals surface area contributed by atoms with Crippen LogP contribution in [0.4, 0.5) is 14.5 Å². The van der Waals surface area contributed by atoms with Crippen LogP contribution >= 0.6 is 35.0 Å². The van der Waals surface area contributed by atoms with E-state index in [-0.39, 0.29) is 52.6 Å². The maximum absolute atomic E-state index is 12.9. The zero-order chi connectivity index (χ0) is 27.5. The van der Waals surface area contributed by atoms with Gasteiger partial charge in [-0.3, -0.25) is 9.78 Å². The summed E-state index contributed by atoms with van der Waals surface area (Å²) in [5, 5.41) is 11.6. The monoisotopic (exact) mass is 586 g/mol. The van der Waals surface area contributed by atoms with Crippen LogP contribution in [0.2, 0.25) is 10.0 Å². The Kier molecular flexibility index (Phi) is 11.4. The van der Waals surface area contributed by atoms with Gasteiger partial charge in [-0.15, -0.1) is 11.8 Å². The van der Waals surface area contributed by atoms with Gasteiger partial charge in [0.25, 0.3) is 5.91 Å². The number of hydrogen-bond acceptors (Lipinski definition) is 8. The van der Waals surface area contributed by atoms with E-state index >= 15 is 0 Å². The van der Waals surface area contributed by atoms with Crippen LogP contribution in [0, 0.1) is 0 Å². The molecule has 0 spiro atoms. The van der Waals surface area contributed by atoms with Gasteiger partial charge in [-0.05, 0) is 42.8 Å². The molecule has 1 amide bonds. The summed E-state index contributed by atoms with van der Waals surface area (Å²) in [5.74, 6) is -0.809. The van der Waals surface area contributed by atoms with Gasteiger partial charge in [0, 0.05) is 28.6 Å². The fourth-order valence-corrected chi connectivity index (χ4v) is 4.38. The number of thioether (sulfide) groups is 1. The van der Waals surface area contributed by atoms with E-state index in [4.69, 9.17) is 37.8 Å². The molecular formula is C25H22Cl2F2N2O6S. The highest BCUT2D eigenvalue weighted by atomic mass is 35.5. The van der Waals surface area contributed by atoms with Gasteiger partial charge < -0.3 is 24.6 Å². The van der Waals surface area contributed by atoms with E-state index in [9.17, 15) is 18.4 Å². The molecule has 3 aromatic rings. The number of rotatable bonds is 13. The van der Waals surface area contributed by atoms with Crippen LogP contribution in [0.15, 0.2) is 59.8 Å². The first-order valence-corrected chi connectivity index (χ1v) is 12.9. The molecule has 13 heteroatoms. The van der Waals surface area contributed by atoms with Crippen molar-refractivity contribution in [1.29, 1.82) is 0 Å². The quantitative estimate of drug-likeness (QED) is 0.144. The fourth-order valence-electron chi connectivity index (χ4n) is 3.04. The smallest absolute Gasteiger partial charge is 0.387 e. The maximum atomic E-state index is 12.9. The largest absolute Gasteiger partial charge is 0.490 e. The third-order valence-corrected chi connectivity index (χ3v) is 6.38. The molecule has 1 heterocycles. The van der Waals surface area contributed by atoms with Crippen molar-refractivity contribution in [2.75, 3.05) is 30.9 Å². The van der Waals surface area contributed by atoms with E-state index in [1.54, 1.807) is 18.2 Å². The van der Waals surface area contributed by atoms with Crippen LogP contribution in [0.25, 0.3) is 0 Å². The minimum Gasteiger partial charge on any atom is -0.490 e. The Morgan fingerprint density at radius 2 is 1.79 bits per heavy atom. The average Bonchev–Trinajstić information content (AvgIpc) is 2.89. The van der Waals surface area contributed by atoms with Crippen LogP contribution < -0.4 is 14.8 Å². The normalized spacial score (nSPS) is 10.8. The lowest BCUT2D eigenvalue weighted by Gasteiger charge is -2.14. The molecule has 2 aromatic carbocycles. The first-order valence-electron chi connectivity index (χ1n) is 11.1. The number of nitrogens with zero attached hydrogens (tertiary/aromatic N) is 1. The molecule has 0 unspecified atom stereocenters. The molecule has 0 radical (unpaired) electrons. The van der Waals surface area contributed by atoms with Crippen molar-refractivity contribution in [2.45, 2.75) is 17.9 Å². The van der Waals surface area contributed by atoms with Crippen molar-refractivity contribution in [3.8, 4) is 11.5 Å². The number of anilines is 1. The van der Waals surface area contributed by atoms with Crippen LogP contribution in [0.5, 0.6) is 11.5 Å².